The first-order valence-electron chi connectivity index (χ1n) is 15.6. The van der Waals surface area contributed by atoms with Gasteiger partial charge >= 0.3 is 0 Å². The average Bonchev–Trinajstić information content (AvgIpc) is 3.43. The molecule has 0 unspecified atom stereocenters. The van der Waals surface area contributed by atoms with Crippen molar-refractivity contribution in [3.05, 3.63) is 69.5 Å². The van der Waals surface area contributed by atoms with Gasteiger partial charge in [0.25, 0.3) is 12.4 Å². The largest absolute Gasteiger partial charge is 0.493 e. The molecule has 1 aliphatic heterocycles. The lowest BCUT2D eigenvalue weighted by molar-refractivity contribution is -0.122. The number of ether oxygens (including phenoxy) is 4. The maximum absolute atomic E-state index is 15.0. The van der Waals surface area contributed by atoms with E-state index in [1.54, 1.807) is 64.2 Å². The summed E-state index contributed by atoms with van der Waals surface area (Å²) in [6.45, 7) is 12.4. The molecule has 0 aromatic heterocycles. The monoisotopic (exact) mass is 655 g/mol. The lowest BCUT2D eigenvalue weighted by Crippen LogP contribution is -2.29. The summed E-state index contributed by atoms with van der Waals surface area (Å²) in [5.74, 6) is 0.763. The van der Waals surface area contributed by atoms with E-state index in [0.29, 0.717) is 42.4 Å². The molecule has 3 aromatic carbocycles. The first-order chi connectivity index (χ1) is 22.2. The molecule has 3 aromatic rings. The number of carboxylic acid groups (broad SMARTS) is 1. The number of carbonyl (C=O) groups excluding carboxylic acids is 1. The number of hydrogen-bond acceptors (Lipinski definition) is 7. The van der Waals surface area contributed by atoms with Gasteiger partial charge < -0.3 is 34.1 Å². The normalized spacial score (nSPS) is 11.9. The van der Waals surface area contributed by atoms with Crippen molar-refractivity contribution in [1.29, 1.82) is 0 Å². The van der Waals surface area contributed by atoms with Gasteiger partial charge in [0.2, 0.25) is 5.75 Å². The van der Waals surface area contributed by atoms with E-state index in [9.17, 15) is 4.79 Å². The summed E-state index contributed by atoms with van der Waals surface area (Å²) in [7, 11) is 6.26. The second kappa shape index (κ2) is 17.7. The summed E-state index contributed by atoms with van der Waals surface area (Å²) >= 11 is 0. The molecule has 2 N–H and O–H groups in total. The van der Waals surface area contributed by atoms with Crippen molar-refractivity contribution in [1.82, 2.24) is 0 Å². The predicted octanol–water partition coefficient (Wildman–Crippen LogP) is 6.96. The Morgan fingerprint density at radius 3 is 2.17 bits per heavy atom. The number of carbonyl (C=O) groups is 2. The molecule has 0 fully saturated rings. The van der Waals surface area contributed by atoms with Crippen molar-refractivity contribution in [2.24, 2.45) is 0 Å². The van der Waals surface area contributed by atoms with Crippen LogP contribution in [0.2, 0.25) is 0 Å². The van der Waals surface area contributed by atoms with Gasteiger partial charge in [0, 0.05) is 25.9 Å². The van der Waals surface area contributed by atoms with Crippen molar-refractivity contribution in [2.45, 2.75) is 72.8 Å². The maximum Gasteiger partial charge on any atom is 0.290 e. The highest BCUT2D eigenvalue weighted by Crippen LogP contribution is 2.45. The molecule has 0 bridgehead atoms. The zero-order chi connectivity index (χ0) is 35.5. The number of nitrogens with zero attached hydrogens (tertiary/aromatic N) is 1. The SMILES string of the molecule is CC(C)(C)O.CCc1c(C)cc2c(c1-c1cc(F)cc(CCCOC)c1C)CCN2C(=O)c1ccc(OC)c(OC)c1OC.O=CO. The Morgan fingerprint density at radius 2 is 1.64 bits per heavy atom. The Kier molecular flexibility index (Phi) is 14.7. The number of hydrogen-bond donors (Lipinski definition) is 2. The quantitative estimate of drug-likeness (QED) is 0.178. The molecule has 0 atom stereocenters. The highest BCUT2D eigenvalue weighted by Gasteiger charge is 2.33. The van der Waals surface area contributed by atoms with Crippen LogP contribution in [-0.4, -0.2) is 69.8 Å². The molecule has 10 heteroatoms. The van der Waals surface area contributed by atoms with Crippen LogP contribution in [0.25, 0.3) is 11.1 Å². The third kappa shape index (κ3) is 9.68. The molecule has 1 amide bonds. The van der Waals surface area contributed by atoms with Gasteiger partial charge in [-0.25, -0.2) is 4.39 Å². The van der Waals surface area contributed by atoms with Gasteiger partial charge in [0.05, 0.1) is 32.5 Å². The third-order valence-corrected chi connectivity index (χ3v) is 7.70. The van der Waals surface area contributed by atoms with Crippen LogP contribution < -0.4 is 19.1 Å². The molecule has 0 aliphatic carbocycles. The zero-order valence-corrected chi connectivity index (χ0v) is 29.4. The van der Waals surface area contributed by atoms with E-state index in [2.05, 4.69) is 26.8 Å². The number of halogens is 1. The van der Waals surface area contributed by atoms with Gasteiger partial charge in [0.1, 0.15) is 5.82 Å². The van der Waals surface area contributed by atoms with Crippen LogP contribution in [0.5, 0.6) is 17.2 Å². The Bertz CT molecular complexity index is 1520. The summed E-state index contributed by atoms with van der Waals surface area (Å²) in [5.41, 5.74) is 8.08. The molecule has 1 heterocycles. The van der Waals surface area contributed by atoms with Crippen molar-refractivity contribution >= 4 is 18.1 Å². The lowest BCUT2D eigenvalue weighted by Gasteiger charge is -2.24. The average molecular weight is 656 g/mol. The minimum absolute atomic E-state index is 0.183. The molecule has 258 valence electrons. The molecular formula is C37H50FNO8. The number of aliphatic hydroxyl groups is 1. The fourth-order valence-corrected chi connectivity index (χ4v) is 5.79. The molecule has 4 rings (SSSR count). The number of anilines is 1. The van der Waals surface area contributed by atoms with E-state index in [1.165, 1.54) is 19.8 Å². The first-order valence-corrected chi connectivity index (χ1v) is 15.6. The Hall–Kier alpha value is -4.15. The number of benzene rings is 3. The molecular weight excluding hydrogens is 605 g/mol. The summed E-state index contributed by atoms with van der Waals surface area (Å²) in [4.78, 5) is 24.1. The second-order valence-electron chi connectivity index (χ2n) is 12.1. The van der Waals surface area contributed by atoms with E-state index in [-0.39, 0.29) is 18.2 Å². The fourth-order valence-electron chi connectivity index (χ4n) is 5.79. The maximum atomic E-state index is 15.0. The molecule has 0 saturated heterocycles. The topological polar surface area (TPSA) is 115 Å². The molecule has 1 aliphatic rings. The summed E-state index contributed by atoms with van der Waals surface area (Å²) in [6, 6.07) is 8.78. The van der Waals surface area contributed by atoms with Gasteiger partial charge in [-0.2, -0.15) is 0 Å². The van der Waals surface area contributed by atoms with E-state index in [0.717, 1.165) is 58.3 Å². The molecule has 0 saturated carbocycles. The molecule has 9 nitrogen and oxygen atoms in total. The Morgan fingerprint density at radius 1 is 1.02 bits per heavy atom. The van der Waals surface area contributed by atoms with Crippen LogP contribution in [-0.2, 0) is 28.8 Å². The Balaban J connectivity index is 0.000000863. The Labute approximate surface area is 278 Å². The van der Waals surface area contributed by atoms with Crippen molar-refractivity contribution in [3.8, 4) is 28.4 Å². The van der Waals surface area contributed by atoms with E-state index >= 15 is 4.39 Å². The van der Waals surface area contributed by atoms with Gasteiger partial charge in [0.15, 0.2) is 11.5 Å². The molecule has 47 heavy (non-hydrogen) atoms. The van der Waals surface area contributed by atoms with Crippen LogP contribution in [0.4, 0.5) is 10.1 Å². The summed E-state index contributed by atoms with van der Waals surface area (Å²) in [6.07, 6.45) is 3.04. The van der Waals surface area contributed by atoms with Crippen LogP contribution >= 0.6 is 0 Å². The molecule has 0 spiro atoms. The van der Waals surface area contributed by atoms with Crippen LogP contribution in [0.3, 0.4) is 0 Å². The van der Waals surface area contributed by atoms with Gasteiger partial charge in [-0.1, -0.05) is 6.92 Å². The fraction of sp³-hybridized carbons (Fsp3) is 0.459. The van der Waals surface area contributed by atoms with E-state index < -0.39 is 5.60 Å². The predicted molar refractivity (Wildman–Crippen MR) is 183 cm³/mol. The highest BCUT2D eigenvalue weighted by molar-refractivity contribution is 6.10. The number of rotatable bonds is 10. The molecule has 0 radical (unpaired) electrons. The first kappa shape index (κ1) is 39.0. The van der Waals surface area contributed by atoms with Gasteiger partial charge in [-0.3, -0.25) is 9.59 Å². The van der Waals surface area contributed by atoms with Crippen LogP contribution in [0.15, 0.2) is 30.3 Å². The zero-order valence-electron chi connectivity index (χ0n) is 29.4. The van der Waals surface area contributed by atoms with Crippen LogP contribution in [0, 0.1) is 19.7 Å². The summed E-state index contributed by atoms with van der Waals surface area (Å²) < 4.78 is 36.7. The van der Waals surface area contributed by atoms with Crippen molar-refractivity contribution < 1.29 is 43.1 Å². The number of aryl methyl sites for hydroxylation is 2. The van der Waals surface area contributed by atoms with Crippen LogP contribution in [0.1, 0.15) is 72.3 Å². The highest BCUT2D eigenvalue weighted by atomic mass is 19.1. The minimum Gasteiger partial charge on any atom is -0.493 e. The third-order valence-electron chi connectivity index (χ3n) is 7.70. The second-order valence-corrected chi connectivity index (χ2v) is 12.1. The number of methoxy groups -OCH3 is 4. The lowest BCUT2D eigenvalue weighted by atomic mass is 9.85. The van der Waals surface area contributed by atoms with E-state index in [4.69, 9.17) is 34.0 Å². The van der Waals surface area contributed by atoms with Gasteiger partial charge in [-0.05, 0) is 130 Å². The van der Waals surface area contributed by atoms with E-state index in [1.807, 2.05) is 0 Å². The minimum atomic E-state index is -0.500. The smallest absolute Gasteiger partial charge is 0.290 e. The summed E-state index contributed by atoms with van der Waals surface area (Å²) in [5, 5.41) is 15.4. The van der Waals surface area contributed by atoms with Crippen molar-refractivity contribution in [2.75, 3.05) is 46.5 Å². The number of amides is 1. The number of fused-ring (bicyclic) bond motifs is 1. The van der Waals surface area contributed by atoms with Gasteiger partial charge in [-0.15, -0.1) is 0 Å². The van der Waals surface area contributed by atoms with Crippen molar-refractivity contribution in [3.63, 3.8) is 0 Å². The standard InChI is InChI=1S/C32H38FNO5.C4H10O.CH2O2/c1-8-23-19(2)16-27-24(29(23)26-18-22(33)17-21(20(26)3)10-9-15-36-4)13-14-34(27)32(35)25-11-12-28(37-5)31(39-7)30(25)38-6;1-4(2,3)5;2-1-3/h11-12,16-18H,8-10,13-15H2,1-7H3;5H,1-3H3;1H,(H,2,3).